The maximum absolute atomic E-state index is 12.0. The Bertz CT molecular complexity index is 633. The Labute approximate surface area is 140 Å². The van der Waals surface area contributed by atoms with Crippen LogP contribution < -0.4 is 15.4 Å². The van der Waals surface area contributed by atoms with E-state index in [1.54, 1.807) is 12.1 Å². The van der Waals surface area contributed by atoms with Crippen molar-refractivity contribution < 1.29 is 17.9 Å². The molecule has 1 heterocycles. The molecule has 2 rings (SSSR count). The van der Waals surface area contributed by atoms with Crippen molar-refractivity contribution in [2.24, 2.45) is 0 Å². The van der Waals surface area contributed by atoms with E-state index in [9.17, 15) is 13.2 Å². The van der Waals surface area contributed by atoms with Gasteiger partial charge in [0.2, 0.25) is 15.9 Å². The van der Waals surface area contributed by atoms with Crippen LogP contribution in [0.4, 0.5) is 0 Å². The molecule has 1 saturated heterocycles. The van der Waals surface area contributed by atoms with Gasteiger partial charge in [0.1, 0.15) is 0 Å². The molecule has 1 aromatic rings. The molecule has 3 N–H and O–H groups in total. The van der Waals surface area contributed by atoms with Crippen LogP contribution in [0.25, 0.3) is 0 Å². The number of sulfonamides is 1. The summed E-state index contributed by atoms with van der Waals surface area (Å²) >= 11 is 5.78. The Morgan fingerprint density at radius 2 is 2.22 bits per heavy atom. The quantitative estimate of drug-likeness (QED) is 0.599. The number of rotatable bonds is 7. The third kappa shape index (κ3) is 6.08. The van der Waals surface area contributed by atoms with E-state index in [0.29, 0.717) is 24.7 Å². The van der Waals surface area contributed by atoms with Gasteiger partial charge in [0, 0.05) is 37.1 Å². The molecule has 1 unspecified atom stereocenters. The maximum atomic E-state index is 12.0. The molecule has 0 aromatic heterocycles. The molecular formula is C14H20ClN3O4S. The molecule has 23 heavy (non-hydrogen) atoms. The van der Waals surface area contributed by atoms with E-state index in [2.05, 4.69) is 15.4 Å². The first-order valence-electron chi connectivity index (χ1n) is 7.30. The Hall–Kier alpha value is -1.19. The molecule has 0 saturated carbocycles. The van der Waals surface area contributed by atoms with Gasteiger partial charge in [0.25, 0.3) is 0 Å². The van der Waals surface area contributed by atoms with Crippen LogP contribution in [0.2, 0.25) is 5.02 Å². The summed E-state index contributed by atoms with van der Waals surface area (Å²) in [5.74, 6) is -0.144. The molecule has 1 aromatic carbocycles. The minimum Gasteiger partial charge on any atom is -0.378 e. The van der Waals surface area contributed by atoms with Gasteiger partial charge in [0.05, 0.1) is 18.1 Å². The fraction of sp³-hybridized carbons (Fsp3) is 0.500. The number of ether oxygens (including phenoxy) is 1. The minimum atomic E-state index is -3.63. The molecule has 7 nitrogen and oxygen atoms in total. The zero-order valence-corrected chi connectivity index (χ0v) is 14.1. The van der Waals surface area contributed by atoms with Gasteiger partial charge in [0.15, 0.2) is 0 Å². The molecule has 9 heteroatoms. The first-order valence-corrected chi connectivity index (χ1v) is 9.16. The van der Waals surface area contributed by atoms with E-state index >= 15 is 0 Å². The van der Waals surface area contributed by atoms with Crippen molar-refractivity contribution in [2.75, 3.05) is 32.8 Å². The Kier molecular flexibility index (Phi) is 6.79. The summed E-state index contributed by atoms with van der Waals surface area (Å²) in [7, 11) is -3.63. The van der Waals surface area contributed by atoms with Gasteiger partial charge in [-0.1, -0.05) is 17.7 Å². The fourth-order valence-corrected chi connectivity index (χ4v) is 3.48. The molecule has 0 spiro atoms. The zero-order valence-electron chi connectivity index (χ0n) is 12.5. The number of halogens is 1. The van der Waals surface area contributed by atoms with Crippen molar-refractivity contribution in [1.29, 1.82) is 0 Å². The lowest BCUT2D eigenvalue weighted by Gasteiger charge is -2.23. The number of nitrogens with one attached hydrogen (secondary N) is 3. The topological polar surface area (TPSA) is 96.5 Å². The van der Waals surface area contributed by atoms with E-state index in [4.69, 9.17) is 16.3 Å². The van der Waals surface area contributed by atoms with Crippen LogP contribution in [0, 0.1) is 0 Å². The first-order chi connectivity index (χ1) is 11.0. The molecule has 1 aliphatic heterocycles. The molecular weight excluding hydrogens is 342 g/mol. The van der Waals surface area contributed by atoms with Crippen LogP contribution in [0.15, 0.2) is 29.2 Å². The first kappa shape index (κ1) is 18.2. The standard InChI is InChI=1S/C14H20ClN3O4S/c15-11-2-1-3-13(8-11)23(20,21)18-5-4-17-14(19)9-12-10-22-7-6-16-12/h1-3,8,12,16,18H,4-7,9-10H2,(H,17,19). The smallest absolute Gasteiger partial charge is 0.240 e. The van der Waals surface area contributed by atoms with Gasteiger partial charge in [-0.3, -0.25) is 4.79 Å². The van der Waals surface area contributed by atoms with Crippen molar-refractivity contribution in [3.8, 4) is 0 Å². The van der Waals surface area contributed by atoms with E-state index in [0.717, 1.165) is 6.54 Å². The largest absolute Gasteiger partial charge is 0.378 e. The number of amides is 1. The number of carbonyl (C=O) groups excluding carboxylic acids is 1. The average Bonchev–Trinajstić information content (AvgIpc) is 2.53. The molecule has 1 aliphatic rings. The van der Waals surface area contributed by atoms with Crippen molar-refractivity contribution in [2.45, 2.75) is 17.4 Å². The van der Waals surface area contributed by atoms with Gasteiger partial charge in [-0.2, -0.15) is 0 Å². The zero-order chi connectivity index (χ0) is 16.7. The number of benzene rings is 1. The number of hydrogen-bond donors (Lipinski definition) is 3. The Morgan fingerprint density at radius 1 is 1.39 bits per heavy atom. The second-order valence-electron chi connectivity index (χ2n) is 5.14. The van der Waals surface area contributed by atoms with Crippen LogP contribution in [0.5, 0.6) is 0 Å². The summed E-state index contributed by atoms with van der Waals surface area (Å²) in [4.78, 5) is 11.8. The highest BCUT2D eigenvalue weighted by molar-refractivity contribution is 7.89. The number of hydrogen-bond acceptors (Lipinski definition) is 5. The van der Waals surface area contributed by atoms with Crippen LogP contribution >= 0.6 is 11.6 Å². The number of carbonyl (C=O) groups is 1. The predicted octanol–water partition coefficient (Wildman–Crippen LogP) is 0.113. The second kappa shape index (κ2) is 8.60. The average molecular weight is 362 g/mol. The van der Waals surface area contributed by atoms with Gasteiger partial charge in [-0.15, -0.1) is 0 Å². The minimum absolute atomic E-state index is 0.00639. The molecule has 128 valence electrons. The van der Waals surface area contributed by atoms with E-state index < -0.39 is 10.0 Å². The molecule has 0 bridgehead atoms. The van der Waals surface area contributed by atoms with Crippen molar-refractivity contribution in [3.05, 3.63) is 29.3 Å². The van der Waals surface area contributed by atoms with Crippen LogP contribution in [0.1, 0.15) is 6.42 Å². The number of morpholine rings is 1. The summed E-state index contributed by atoms with van der Waals surface area (Å²) in [5, 5.41) is 6.21. The SMILES string of the molecule is O=C(CC1COCCN1)NCCNS(=O)(=O)c1cccc(Cl)c1. The van der Waals surface area contributed by atoms with Crippen molar-refractivity contribution in [1.82, 2.24) is 15.4 Å². The molecule has 1 atom stereocenters. The summed E-state index contributed by atoms with van der Waals surface area (Å²) in [6.45, 7) is 2.22. The van der Waals surface area contributed by atoms with Crippen molar-refractivity contribution in [3.63, 3.8) is 0 Å². The summed E-state index contributed by atoms with van der Waals surface area (Å²) < 4.78 is 31.8. The summed E-state index contributed by atoms with van der Waals surface area (Å²) in [5.41, 5.74) is 0. The molecule has 1 amide bonds. The Balaban J connectivity index is 1.71. The lowest BCUT2D eigenvalue weighted by atomic mass is 10.2. The van der Waals surface area contributed by atoms with Crippen LogP contribution in [-0.2, 0) is 19.6 Å². The van der Waals surface area contributed by atoms with Crippen LogP contribution in [-0.4, -0.2) is 53.2 Å². The maximum Gasteiger partial charge on any atom is 0.240 e. The van der Waals surface area contributed by atoms with Gasteiger partial charge >= 0.3 is 0 Å². The summed E-state index contributed by atoms with van der Waals surface area (Å²) in [6, 6.07) is 6.01. The van der Waals surface area contributed by atoms with Gasteiger partial charge in [-0.05, 0) is 18.2 Å². The van der Waals surface area contributed by atoms with Crippen LogP contribution in [0.3, 0.4) is 0 Å². The van der Waals surface area contributed by atoms with E-state index in [-0.39, 0.29) is 29.9 Å². The fourth-order valence-electron chi connectivity index (χ4n) is 2.15. The monoisotopic (exact) mass is 361 g/mol. The van der Waals surface area contributed by atoms with E-state index in [1.165, 1.54) is 12.1 Å². The van der Waals surface area contributed by atoms with Crippen molar-refractivity contribution >= 4 is 27.5 Å². The third-order valence-corrected chi connectivity index (χ3v) is 4.97. The van der Waals surface area contributed by atoms with E-state index in [1.807, 2.05) is 0 Å². The van der Waals surface area contributed by atoms with Gasteiger partial charge < -0.3 is 15.4 Å². The third-order valence-electron chi connectivity index (χ3n) is 3.28. The Morgan fingerprint density at radius 3 is 2.91 bits per heavy atom. The lowest BCUT2D eigenvalue weighted by molar-refractivity contribution is -0.122. The molecule has 0 aliphatic carbocycles. The second-order valence-corrected chi connectivity index (χ2v) is 7.34. The highest BCUT2D eigenvalue weighted by atomic mass is 35.5. The lowest BCUT2D eigenvalue weighted by Crippen LogP contribution is -2.45. The van der Waals surface area contributed by atoms with Gasteiger partial charge in [-0.25, -0.2) is 13.1 Å². The molecule has 1 fully saturated rings. The highest BCUT2D eigenvalue weighted by Crippen LogP contribution is 2.14. The normalized spacial score (nSPS) is 18.6. The summed E-state index contributed by atoms with van der Waals surface area (Å²) in [6.07, 6.45) is 0.307. The molecule has 0 radical (unpaired) electrons. The highest BCUT2D eigenvalue weighted by Gasteiger charge is 2.17. The predicted molar refractivity (Wildman–Crippen MR) is 86.9 cm³/mol.